The van der Waals surface area contributed by atoms with Gasteiger partial charge in [-0.1, -0.05) is 12.2 Å². The van der Waals surface area contributed by atoms with E-state index < -0.39 is 0 Å². The molecule has 0 aromatic rings. The zero-order valence-corrected chi connectivity index (χ0v) is 11.0. The zero-order chi connectivity index (χ0) is 12.9. The van der Waals surface area contributed by atoms with E-state index in [1.54, 1.807) is 0 Å². The average molecular weight is 248 g/mol. The van der Waals surface area contributed by atoms with Crippen molar-refractivity contribution in [2.45, 2.75) is 12.8 Å². The highest BCUT2D eigenvalue weighted by Gasteiger charge is 2.58. The second-order valence-electron chi connectivity index (χ2n) is 5.98. The number of nitrogens with zero attached hydrogens (tertiary/aromatic N) is 2. The molecule has 1 aliphatic heterocycles. The Morgan fingerprint density at radius 1 is 1.17 bits per heavy atom. The first-order valence-electron chi connectivity index (χ1n) is 6.78. The lowest BCUT2D eigenvalue weighted by molar-refractivity contribution is -0.140. The van der Waals surface area contributed by atoms with E-state index in [9.17, 15) is 9.59 Å². The standard InChI is InChI=1S/C14H20N2O2/c1-15(2)6-3-7-16-13(17)11-9-4-5-10(8-9)12(11)14(16)18/h4-5,9-12H,3,6-8H2,1-2H3/t9-,10+,11+,12-. The van der Waals surface area contributed by atoms with E-state index in [4.69, 9.17) is 0 Å². The van der Waals surface area contributed by atoms with Crippen LogP contribution in [0.1, 0.15) is 12.8 Å². The summed E-state index contributed by atoms with van der Waals surface area (Å²) in [7, 11) is 4.01. The van der Waals surface area contributed by atoms with Crippen LogP contribution in [0.4, 0.5) is 0 Å². The van der Waals surface area contributed by atoms with Gasteiger partial charge in [-0.15, -0.1) is 0 Å². The van der Waals surface area contributed by atoms with Crippen LogP contribution in [0, 0.1) is 23.7 Å². The fourth-order valence-electron chi connectivity index (χ4n) is 3.73. The van der Waals surface area contributed by atoms with Crippen LogP contribution in [0.5, 0.6) is 0 Å². The summed E-state index contributed by atoms with van der Waals surface area (Å²) in [5.41, 5.74) is 0. The minimum atomic E-state index is -0.0353. The summed E-state index contributed by atoms with van der Waals surface area (Å²) in [5, 5.41) is 0. The Bertz CT molecular complexity index is 386. The Balaban J connectivity index is 1.68. The Kier molecular flexibility index (Phi) is 2.77. The first-order valence-corrected chi connectivity index (χ1v) is 6.78. The van der Waals surface area contributed by atoms with Crippen LogP contribution < -0.4 is 0 Å². The Morgan fingerprint density at radius 3 is 2.22 bits per heavy atom. The van der Waals surface area contributed by atoms with E-state index in [0.717, 1.165) is 19.4 Å². The lowest BCUT2D eigenvalue weighted by Gasteiger charge is -2.18. The highest BCUT2D eigenvalue weighted by molar-refractivity contribution is 6.06. The first kappa shape index (κ1) is 11.9. The van der Waals surface area contributed by atoms with Crippen molar-refractivity contribution in [3.8, 4) is 0 Å². The van der Waals surface area contributed by atoms with E-state index in [1.807, 2.05) is 14.1 Å². The Hall–Kier alpha value is -1.16. The Labute approximate surface area is 108 Å². The normalized spacial score (nSPS) is 37.2. The fraction of sp³-hybridized carbons (Fsp3) is 0.714. The van der Waals surface area contributed by atoms with Crippen molar-refractivity contribution < 1.29 is 9.59 Å². The molecule has 4 nitrogen and oxygen atoms in total. The third kappa shape index (κ3) is 1.62. The first-order chi connectivity index (χ1) is 8.59. The van der Waals surface area contributed by atoms with E-state index >= 15 is 0 Å². The largest absolute Gasteiger partial charge is 0.309 e. The summed E-state index contributed by atoms with van der Waals surface area (Å²) >= 11 is 0. The number of carbonyl (C=O) groups is 2. The van der Waals surface area contributed by atoms with Gasteiger partial charge in [-0.25, -0.2) is 0 Å². The molecule has 98 valence electrons. The molecule has 4 heteroatoms. The molecular weight excluding hydrogens is 228 g/mol. The van der Waals surface area contributed by atoms with Gasteiger partial charge in [0.1, 0.15) is 0 Å². The quantitative estimate of drug-likeness (QED) is 0.544. The number of amides is 2. The highest BCUT2D eigenvalue weighted by Crippen LogP contribution is 2.52. The predicted molar refractivity (Wildman–Crippen MR) is 67.6 cm³/mol. The summed E-state index contributed by atoms with van der Waals surface area (Å²) in [6, 6.07) is 0. The van der Waals surface area contributed by atoms with Crippen LogP contribution in [-0.4, -0.2) is 48.8 Å². The highest BCUT2D eigenvalue weighted by atomic mass is 16.2. The van der Waals surface area contributed by atoms with Gasteiger partial charge < -0.3 is 4.90 Å². The van der Waals surface area contributed by atoms with Crippen LogP contribution >= 0.6 is 0 Å². The lowest BCUT2D eigenvalue weighted by atomic mass is 9.85. The number of likely N-dealkylation sites (tertiary alicyclic amines) is 1. The van der Waals surface area contributed by atoms with Gasteiger partial charge in [0.2, 0.25) is 11.8 Å². The van der Waals surface area contributed by atoms with Gasteiger partial charge in [-0.05, 0) is 45.3 Å². The molecule has 0 N–H and O–H groups in total. The molecule has 0 aromatic carbocycles. The minimum absolute atomic E-state index is 0.0353. The molecule has 3 rings (SSSR count). The van der Waals surface area contributed by atoms with Crippen molar-refractivity contribution >= 4 is 11.8 Å². The summed E-state index contributed by atoms with van der Waals surface area (Å²) in [4.78, 5) is 28.2. The molecule has 0 radical (unpaired) electrons. The molecule has 2 bridgehead atoms. The maximum Gasteiger partial charge on any atom is 0.233 e. The number of hydrogen-bond donors (Lipinski definition) is 0. The van der Waals surface area contributed by atoms with Crippen molar-refractivity contribution in [1.29, 1.82) is 0 Å². The molecule has 1 saturated carbocycles. The van der Waals surface area contributed by atoms with Crippen molar-refractivity contribution in [3.63, 3.8) is 0 Å². The second kappa shape index (κ2) is 4.19. The number of rotatable bonds is 4. The van der Waals surface area contributed by atoms with Crippen LogP contribution in [0.3, 0.4) is 0 Å². The SMILES string of the molecule is CN(C)CCCN1C(=O)[C@@H]2[C@H](C1=O)[C@H]1C=C[C@@H]2C1. The van der Waals surface area contributed by atoms with Gasteiger partial charge in [0.05, 0.1) is 11.8 Å². The van der Waals surface area contributed by atoms with E-state index in [2.05, 4.69) is 17.1 Å². The van der Waals surface area contributed by atoms with Crippen molar-refractivity contribution in [2.75, 3.05) is 27.2 Å². The molecule has 2 amide bonds. The number of allylic oxidation sites excluding steroid dienone is 2. The summed E-state index contributed by atoms with van der Waals surface area (Å²) < 4.78 is 0. The lowest BCUT2D eigenvalue weighted by Crippen LogP contribution is -2.35. The van der Waals surface area contributed by atoms with Crippen LogP contribution in [0.15, 0.2) is 12.2 Å². The zero-order valence-electron chi connectivity index (χ0n) is 11.0. The van der Waals surface area contributed by atoms with Gasteiger partial charge in [0.25, 0.3) is 0 Å². The van der Waals surface area contributed by atoms with Crippen LogP contribution in [0.25, 0.3) is 0 Å². The number of hydrogen-bond acceptors (Lipinski definition) is 3. The third-order valence-electron chi connectivity index (χ3n) is 4.55. The number of fused-ring (bicyclic) bond motifs is 5. The van der Waals surface area contributed by atoms with Gasteiger partial charge in [0, 0.05) is 6.54 Å². The van der Waals surface area contributed by atoms with Crippen LogP contribution in [-0.2, 0) is 9.59 Å². The van der Waals surface area contributed by atoms with Gasteiger partial charge in [0.15, 0.2) is 0 Å². The molecule has 3 aliphatic rings. The summed E-state index contributed by atoms with van der Waals surface area (Å²) in [6.45, 7) is 1.50. The summed E-state index contributed by atoms with van der Waals surface area (Å²) in [6.07, 6.45) is 6.16. The predicted octanol–water partition coefficient (Wildman–Crippen LogP) is 0.745. The van der Waals surface area contributed by atoms with E-state index in [1.165, 1.54) is 4.90 Å². The van der Waals surface area contributed by atoms with E-state index in [0.29, 0.717) is 18.4 Å². The molecule has 1 saturated heterocycles. The molecule has 18 heavy (non-hydrogen) atoms. The molecule has 0 unspecified atom stereocenters. The topological polar surface area (TPSA) is 40.6 Å². The number of carbonyl (C=O) groups excluding carboxylic acids is 2. The van der Waals surface area contributed by atoms with Crippen LogP contribution in [0.2, 0.25) is 0 Å². The molecule has 1 heterocycles. The minimum Gasteiger partial charge on any atom is -0.309 e. The average Bonchev–Trinajstić information content (AvgIpc) is 2.97. The smallest absolute Gasteiger partial charge is 0.233 e. The molecule has 0 aromatic heterocycles. The third-order valence-corrected chi connectivity index (χ3v) is 4.55. The van der Waals surface area contributed by atoms with Crippen molar-refractivity contribution in [1.82, 2.24) is 9.80 Å². The monoisotopic (exact) mass is 248 g/mol. The Morgan fingerprint density at radius 2 is 1.72 bits per heavy atom. The molecule has 2 fully saturated rings. The maximum absolute atomic E-state index is 12.3. The maximum atomic E-state index is 12.3. The summed E-state index contributed by atoms with van der Waals surface area (Å²) in [5.74, 6) is 0.755. The van der Waals surface area contributed by atoms with E-state index in [-0.39, 0.29) is 23.7 Å². The molecule has 0 spiro atoms. The van der Waals surface area contributed by atoms with Gasteiger partial charge in [-0.3, -0.25) is 14.5 Å². The number of imide groups is 1. The second-order valence-corrected chi connectivity index (χ2v) is 5.98. The fourth-order valence-corrected chi connectivity index (χ4v) is 3.73. The van der Waals surface area contributed by atoms with Crippen molar-refractivity contribution in [2.24, 2.45) is 23.7 Å². The molecular formula is C14H20N2O2. The molecule has 4 atom stereocenters. The van der Waals surface area contributed by atoms with Gasteiger partial charge in [-0.2, -0.15) is 0 Å². The molecule has 2 aliphatic carbocycles. The van der Waals surface area contributed by atoms with Gasteiger partial charge >= 0.3 is 0 Å². The van der Waals surface area contributed by atoms with Crippen molar-refractivity contribution in [3.05, 3.63) is 12.2 Å².